The van der Waals surface area contributed by atoms with Gasteiger partial charge in [0, 0.05) is 6.07 Å². The van der Waals surface area contributed by atoms with Crippen molar-refractivity contribution < 1.29 is 9.84 Å². The van der Waals surface area contributed by atoms with Gasteiger partial charge in [0.2, 0.25) is 0 Å². The number of nitrogens with two attached hydrogens (primary N) is 1. The number of anilines is 1. The van der Waals surface area contributed by atoms with E-state index in [0.717, 1.165) is 0 Å². The third-order valence-corrected chi connectivity index (χ3v) is 2.36. The van der Waals surface area contributed by atoms with Crippen LogP contribution in [-0.4, -0.2) is 5.11 Å². The van der Waals surface area contributed by atoms with E-state index in [1.807, 2.05) is 12.1 Å². The van der Waals surface area contributed by atoms with Crippen LogP contribution in [-0.2, 0) is 0 Å². The molecule has 0 saturated heterocycles. The van der Waals surface area contributed by atoms with Crippen molar-refractivity contribution in [2.24, 2.45) is 0 Å². The highest BCUT2D eigenvalue weighted by Crippen LogP contribution is 2.33. The summed E-state index contributed by atoms with van der Waals surface area (Å²) < 4.78 is 5.53. The van der Waals surface area contributed by atoms with E-state index in [-0.39, 0.29) is 5.75 Å². The largest absolute Gasteiger partial charge is 0.508 e. The molecule has 0 fully saturated rings. The van der Waals surface area contributed by atoms with Gasteiger partial charge in [0.1, 0.15) is 11.5 Å². The molecule has 0 spiro atoms. The summed E-state index contributed by atoms with van der Waals surface area (Å²) in [5.41, 5.74) is 6.05. The third kappa shape index (κ3) is 2.20. The van der Waals surface area contributed by atoms with Crippen LogP contribution in [0.3, 0.4) is 0 Å². The van der Waals surface area contributed by atoms with E-state index in [1.54, 1.807) is 18.2 Å². The first-order chi connectivity index (χ1) is 7.66. The fourth-order valence-corrected chi connectivity index (χ4v) is 1.45. The summed E-state index contributed by atoms with van der Waals surface area (Å²) in [6.07, 6.45) is 0. The maximum absolute atomic E-state index is 9.20. The molecule has 0 amide bonds. The van der Waals surface area contributed by atoms with E-state index in [0.29, 0.717) is 22.2 Å². The van der Waals surface area contributed by atoms with Crippen molar-refractivity contribution in [1.29, 1.82) is 0 Å². The SMILES string of the molecule is Nc1cc(O)ccc1Oc1ccccc1Cl. The van der Waals surface area contributed by atoms with Gasteiger partial charge in [-0.1, -0.05) is 23.7 Å². The molecule has 0 aromatic heterocycles. The first kappa shape index (κ1) is 10.6. The highest BCUT2D eigenvalue weighted by atomic mass is 35.5. The molecule has 4 heteroatoms. The molecule has 2 aromatic carbocycles. The van der Waals surface area contributed by atoms with E-state index in [9.17, 15) is 5.11 Å². The van der Waals surface area contributed by atoms with Crippen molar-refractivity contribution in [2.45, 2.75) is 0 Å². The minimum atomic E-state index is 0.101. The highest BCUT2D eigenvalue weighted by molar-refractivity contribution is 6.32. The normalized spacial score (nSPS) is 10.1. The van der Waals surface area contributed by atoms with Crippen molar-refractivity contribution in [1.82, 2.24) is 0 Å². The first-order valence-electron chi connectivity index (χ1n) is 4.67. The van der Waals surface area contributed by atoms with Gasteiger partial charge in [-0.05, 0) is 24.3 Å². The lowest BCUT2D eigenvalue weighted by Crippen LogP contribution is -1.91. The van der Waals surface area contributed by atoms with Crippen LogP contribution in [0, 0.1) is 0 Å². The van der Waals surface area contributed by atoms with E-state index in [4.69, 9.17) is 22.1 Å². The van der Waals surface area contributed by atoms with Gasteiger partial charge < -0.3 is 15.6 Å². The standard InChI is InChI=1S/C12H10ClNO2/c13-9-3-1-2-4-11(9)16-12-6-5-8(15)7-10(12)14/h1-7,15H,14H2. The summed E-state index contributed by atoms with van der Waals surface area (Å²) in [6, 6.07) is 11.6. The lowest BCUT2D eigenvalue weighted by atomic mass is 10.3. The Kier molecular flexibility index (Phi) is 2.88. The van der Waals surface area contributed by atoms with Gasteiger partial charge in [-0.25, -0.2) is 0 Å². The summed E-state index contributed by atoms with van der Waals surface area (Å²) in [6.45, 7) is 0. The first-order valence-corrected chi connectivity index (χ1v) is 5.05. The van der Waals surface area contributed by atoms with Crippen LogP contribution in [0.4, 0.5) is 5.69 Å². The number of halogens is 1. The van der Waals surface area contributed by atoms with Crippen molar-refractivity contribution >= 4 is 17.3 Å². The molecule has 2 aromatic rings. The van der Waals surface area contributed by atoms with Crippen molar-refractivity contribution in [3.8, 4) is 17.2 Å². The van der Waals surface area contributed by atoms with E-state index in [1.165, 1.54) is 12.1 Å². The molecule has 16 heavy (non-hydrogen) atoms. The van der Waals surface area contributed by atoms with Gasteiger partial charge in [0.05, 0.1) is 10.7 Å². The highest BCUT2D eigenvalue weighted by Gasteiger charge is 2.05. The molecule has 0 atom stereocenters. The number of nitrogen functional groups attached to an aromatic ring is 1. The number of para-hydroxylation sites is 1. The Balaban J connectivity index is 2.31. The molecule has 0 unspecified atom stereocenters. The minimum absolute atomic E-state index is 0.101. The lowest BCUT2D eigenvalue weighted by molar-refractivity contribution is 0.466. The molecule has 3 N–H and O–H groups in total. The lowest BCUT2D eigenvalue weighted by Gasteiger charge is -2.09. The van der Waals surface area contributed by atoms with Crippen molar-refractivity contribution in [3.05, 3.63) is 47.5 Å². The van der Waals surface area contributed by atoms with Gasteiger partial charge >= 0.3 is 0 Å². The quantitative estimate of drug-likeness (QED) is 0.785. The second kappa shape index (κ2) is 4.33. The third-order valence-electron chi connectivity index (χ3n) is 2.05. The summed E-state index contributed by atoms with van der Waals surface area (Å²) in [7, 11) is 0. The number of phenols is 1. The summed E-state index contributed by atoms with van der Waals surface area (Å²) in [5.74, 6) is 1.09. The van der Waals surface area contributed by atoms with E-state index < -0.39 is 0 Å². The molecule has 0 aliphatic carbocycles. The zero-order valence-electron chi connectivity index (χ0n) is 8.35. The molecule has 2 rings (SSSR count). The summed E-state index contributed by atoms with van der Waals surface area (Å²) in [4.78, 5) is 0. The van der Waals surface area contributed by atoms with Crippen LogP contribution in [0.1, 0.15) is 0 Å². The molecule has 3 nitrogen and oxygen atoms in total. The Labute approximate surface area is 98.0 Å². The smallest absolute Gasteiger partial charge is 0.150 e. The topological polar surface area (TPSA) is 55.5 Å². The van der Waals surface area contributed by atoms with E-state index in [2.05, 4.69) is 0 Å². The minimum Gasteiger partial charge on any atom is -0.508 e. The average molecular weight is 236 g/mol. The zero-order valence-corrected chi connectivity index (χ0v) is 9.11. The molecular formula is C12H10ClNO2. The maximum Gasteiger partial charge on any atom is 0.150 e. The number of phenolic OH excluding ortho intramolecular Hbond substituents is 1. The second-order valence-corrected chi connectivity index (χ2v) is 3.66. The van der Waals surface area contributed by atoms with Crippen LogP contribution in [0.5, 0.6) is 17.2 Å². The fraction of sp³-hybridized carbons (Fsp3) is 0. The number of aromatic hydroxyl groups is 1. The zero-order chi connectivity index (χ0) is 11.5. The van der Waals surface area contributed by atoms with Crippen LogP contribution >= 0.6 is 11.6 Å². The number of benzene rings is 2. The second-order valence-electron chi connectivity index (χ2n) is 3.25. The Morgan fingerprint density at radius 2 is 1.81 bits per heavy atom. The summed E-state index contributed by atoms with van der Waals surface area (Å²) >= 11 is 5.94. The van der Waals surface area contributed by atoms with Gasteiger partial charge in [0.25, 0.3) is 0 Å². The summed E-state index contributed by atoms with van der Waals surface area (Å²) in [5, 5.41) is 9.71. The van der Waals surface area contributed by atoms with Crippen LogP contribution in [0.2, 0.25) is 5.02 Å². The molecule has 0 radical (unpaired) electrons. The Hall–Kier alpha value is -1.87. The number of rotatable bonds is 2. The molecule has 0 heterocycles. The van der Waals surface area contributed by atoms with E-state index >= 15 is 0 Å². The molecule has 0 aliphatic heterocycles. The van der Waals surface area contributed by atoms with Crippen LogP contribution in [0.15, 0.2) is 42.5 Å². The van der Waals surface area contributed by atoms with Crippen LogP contribution < -0.4 is 10.5 Å². The van der Waals surface area contributed by atoms with Gasteiger partial charge in [-0.15, -0.1) is 0 Å². The molecular weight excluding hydrogens is 226 g/mol. The number of hydrogen-bond acceptors (Lipinski definition) is 3. The van der Waals surface area contributed by atoms with Gasteiger partial charge in [-0.2, -0.15) is 0 Å². The monoisotopic (exact) mass is 235 g/mol. The molecule has 0 saturated carbocycles. The number of hydrogen-bond donors (Lipinski definition) is 2. The Bertz CT molecular complexity index is 514. The molecule has 0 bridgehead atoms. The maximum atomic E-state index is 9.20. The van der Waals surface area contributed by atoms with Gasteiger partial charge in [0.15, 0.2) is 5.75 Å². The van der Waals surface area contributed by atoms with Crippen molar-refractivity contribution in [3.63, 3.8) is 0 Å². The van der Waals surface area contributed by atoms with Crippen LogP contribution in [0.25, 0.3) is 0 Å². The predicted molar refractivity (Wildman–Crippen MR) is 64.0 cm³/mol. The van der Waals surface area contributed by atoms with Crippen molar-refractivity contribution in [2.75, 3.05) is 5.73 Å². The predicted octanol–water partition coefficient (Wildman–Crippen LogP) is 3.42. The molecule has 0 aliphatic rings. The number of ether oxygens (including phenoxy) is 1. The average Bonchev–Trinajstić information content (AvgIpc) is 2.25. The molecule has 82 valence electrons. The fourth-order valence-electron chi connectivity index (χ4n) is 1.27. The Morgan fingerprint density at radius 1 is 1.06 bits per heavy atom. The Morgan fingerprint density at radius 3 is 2.50 bits per heavy atom. The van der Waals surface area contributed by atoms with Gasteiger partial charge in [-0.3, -0.25) is 0 Å².